The number of terminal acetylenes is 1. The molecule has 2 heteroatoms. The van der Waals surface area contributed by atoms with Crippen LogP contribution in [0, 0.1) is 18.3 Å². The maximum absolute atomic E-state index is 10.5. The summed E-state index contributed by atoms with van der Waals surface area (Å²) in [5.41, 5.74) is 0. The molecule has 0 bridgehead atoms. The van der Waals surface area contributed by atoms with E-state index in [2.05, 4.69) is 11.2 Å². The van der Waals surface area contributed by atoms with Crippen LogP contribution in [0.1, 0.15) is 20.8 Å². The molecule has 0 saturated carbocycles. The first-order chi connectivity index (χ1) is 4.57. The molecule has 10 heavy (non-hydrogen) atoms. The summed E-state index contributed by atoms with van der Waals surface area (Å²) in [4.78, 5) is 10.5. The molecule has 1 atom stereocenters. The second-order valence-electron chi connectivity index (χ2n) is 2.59. The molecule has 0 aromatic rings. The van der Waals surface area contributed by atoms with Crippen molar-refractivity contribution in [1.82, 2.24) is 5.32 Å². The van der Waals surface area contributed by atoms with Gasteiger partial charge in [-0.15, -0.1) is 6.42 Å². The quantitative estimate of drug-likeness (QED) is 0.563. The second kappa shape index (κ2) is 3.94. The third kappa shape index (κ3) is 3.13. The zero-order valence-corrected chi connectivity index (χ0v) is 6.64. The summed E-state index contributed by atoms with van der Waals surface area (Å²) >= 11 is 0. The van der Waals surface area contributed by atoms with Crippen LogP contribution >= 0.6 is 0 Å². The minimum Gasteiger partial charge on any atom is -0.342 e. The van der Waals surface area contributed by atoms with E-state index in [-0.39, 0.29) is 11.9 Å². The highest BCUT2D eigenvalue weighted by Crippen LogP contribution is 1.98. The number of rotatable bonds is 2. The number of nitrogens with one attached hydrogen (secondary N) is 1. The Morgan fingerprint density at radius 3 is 2.20 bits per heavy atom. The molecule has 0 radical (unpaired) electrons. The monoisotopic (exact) mass is 139 g/mol. The Morgan fingerprint density at radius 2 is 2.10 bits per heavy atom. The van der Waals surface area contributed by atoms with Crippen LogP contribution in [0.15, 0.2) is 0 Å². The third-order valence-corrected chi connectivity index (χ3v) is 1.20. The predicted octanol–water partition coefficient (Wildman–Crippen LogP) is 0.780. The van der Waals surface area contributed by atoms with Gasteiger partial charge in [0.2, 0.25) is 5.91 Å². The second-order valence-corrected chi connectivity index (χ2v) is 2.59. The topological polar surface area (TPSA) is 29.1 Å². The molecule has 0 aliphatic rings. The largest absolute Gasteiger partial charge is 0.342 e. The molecule has 0 aliphatic carbocycles. The lowest BCUT2D eigenvalue weighted by molar-refractivity contribution is -0.119. The zero-order valence-electron chi connectivity index (χ0n) is 6.64. The summed E-state index contributed by atoms with van der Waals surface area (Å²) in [6.07, 6.45) is 5.16. The van der Waals surface area contributed by atoms with Gasteiger partial charge in [0, 0.05) is 6.92 Å². The van der Waals surface area contributed by atoms with Gasteiger partial charge in [-0.25, -0.2) is 0 Å². The molecule has 0 spiro atoms. The molecule has 56 valence electrons. The van der Waals surface area contributed by atoms with Crippen LogP contribution in [0.4, 0.5) is 0 Å². The van der Waals surface area contributed by atoms with E-state index in [9.17, 15) is 4.79 Å². The van der Waals surface area contributed by atoms with Crippen LogP contribution in [0.5, 0.6) is 0 Å². The molecule has 1 N–H and O–H groups in total. The van der Waals surface area contributed by atoms with E-state index in [0.29, 0.717) is 5.92 Å². The smallest absolute Gasteiger partial charge is 0.217 e. The zero-order chi connectivity index (χ0) is 8.15. The predicted molar refractivity (Wildman–Crippen MR) is 41.3 cm³/mol. The summed E-state index contributed by atoms with van der Waals surface area (Å²) in [6, 6.07) is -0.127. The highest BCUT2D eigenvalue weighted by molar-refractivity contribution is 5.73. The van der Waals surface area contributed by atoms with Crippen LogP contribution < -0.4 is 5.32 Å². The van der Waals surface area contributed by atoms with Crippen molar-refractivity contribution in [3.05, 3.63) is 0 Å². The number of hydrogen-bond donors (Lipinski definition) is 1. The fraction of sp³-hybridized carbons (Fsp3) is 0.625. The normalized spacial score (nSPS) is 12.3. The first kappa shape index (κ1) is 9.03. The standard InChI is InChI=1S/C8H13NO/c1-5-8(6(2)3)9-7(4)10/h1,6,8H,2-4H3,(H,9,10)/t8-/m0/s1. The lowest BCUT2D eigenvalue weighted by atomic mass is 10.1. The first-order valence-electron chi connectivity index (χ1n) is 3.31. The van der Waals surface area contributed by atoms with Crippen molar-refractivity contribution in [2.75, 3.05) is 0 Å². The summed E-state index contributed by atoms with van der Waals surface area (Å²) < 4.78 is 0. The molecule has 1 amide bonds. The van der Waals surface area contributed by atoms with Crippen LogP contribution in [-0.4, -0.2) is 11.9 Å². The van der Waals surface area contributed by atoms with Gasteiger partial charge in [-0.2, -0.15) is 0 Å². The molecule has 0 saturated heterocycles. The first-order valence-corrected chi connectivity index (χ1v) is 3.31. The molecule has 0 rings (SSSR count). The van der Waals surface area contributed by atoms with Gasteiger partial charge >= 0.3 is 0 Å². The average molecular weight is 139 g/mol. The maximum atomic E-state index is 10.5. The van der Waals surface area contributed by atoms with E-state index in [4.69, 9.17) is 6.42 Å². The highest BCUT2D eigenvalue weighted by Gasteiger charge is 2.09. The molecule has 0 aromatic carbocycles. The van der Waals surface area contributed by atoms with Crippen molar-refractivity contribution in [3.8, 4) is 12.3 Å². The maximum Gasteiger partial charge on any atom is 0.217 e. The molecule has 0 heterocycles. The molecule has 0 fully saturated rings. The molecule has 2 nitrogen and oxygen atoms in total. The summed E-state index contributed by atoms with van der Waals surface area (Å²) in [5.74, 6) is 2.73. The van der Waals surface area contributed by atoms with E-state index < -0.39 is 0 Å². The fourth-order valence-electron chi connectivity index (χ4n) is 0.620. The fourth-order valence-corrected chi connectivity index (χ4v) is 0.620. The Labute approximate surface area is 62.0 Å². The van der Waals surface area contributed by atoms with Gasteiger partial charge in [0.15, 0.2) is 0 Å². The Kier molecular flexibility index (Phi) is 3.56. The highest BCUT2D eigenvalue weighted by atomic mass is 16.1. The van der Waals surface area contributed by atoms with Crippen molar-refractivity contribution in [2.45, 2.75) is 26.8 Å². The van der Waals surface area contributed by atoms with Gasteiger partial charge in [-0.3, -0.25) is 4.79 Å². The van der Waals surface area contributed by atoms with Gasteiger partial charge in [0.1, 0.15) is 0 Å². The van der Waals surface area contributed by atoms with E-state index in [0.717, 1.165) is 0 Å². The van der Waals surface area contributed by atoms with E-state index in [1.807, 2.05) is 13.8 Å². The summed E-state index contributed by atoms with van der Waals surface area (Å²) in [6.45, 7) is 5.41. The number of carbonyl (C=O) groups excluding carboxylic acids is 1. The van der Waals surface area contributed by atoms with Gasteiger partial charge < -0.3 is 5.32 Å². The van der Waals surface area contributed by atoms with Crippen LogP contribution in [0.3, 0.4) is 0 Å². The molecular formula is C8H13NO. The Hall–Kier alpha value is -0.970. The van der Waals surface area contributed by atoms with E-state index in [1.165, 1.54) is 6.92 Å². The van der Waals surface area contributed by atoms with E-state index >= 15 is 0 Å². The Bertz CT molecular complexity index is 155. The number of hydrogen-bond acceptors (Lipinski definition) is 1. The Balaban J connectivity index is 3.87. The van der Waals surface area contributed by atoms with Crippen LogP contribution in [0.25, 0.3) is 0 Å². The molecule has 0 aromatic heterocycles. The number of carbonyl (C=O) groups is 1. The van der Waals surface area contributed by atoms with E-state index in [1.54, 1.807) is 0 Å². The van der Waals surface area contributed by atoms with Gasteiger partial charge in [-0.1, -0.05) is 19.8 Å². The lowest BCUT2D eigenvalue weighted by Crippen LogP contribution is -2.35. The van der Waals surface area contributed by atoms with Gasteiger partial charge in [-0.05, 0) is 5.92 Å². The van der Waals surface area contributed by atoms with Crippen LogP contribution in [-0.2, 0) is 4.79 Å². The van der Waals surface area contributed by atoms with Crippen molar-refractivity contribution >= 4 is 5.91 Å². The van der Waals surface area contributed by atoms with Crippen molar-refractivity contribution in [3.63, 3.8) is 0 Å². The SMILES string of the molecule is C#C[C@H](NC(C)=O)C(C)C. The molecular weight excluding hydrogens is 126 g/mol. The van der Waals surface area contributed by atoms with Crippen molar-refractivity contribution < 1.29 is 4.79 Å². The van der Waals surface area contributed by atoms with Crippen LogP contribution in [0.2, 0.25) is 0 Å². The van der Waals surface area contributed by atoms with Crippen molar-refractivity contribution in [2.24, 2.45) is 5.92 Å². The summed E-state index contributed by atoms with van der Waals surface area (Å²) in [5, 5.41) is 2.65. The third-order valence-electron chi connectivity index (χ3n) is 1.20. The van der Waals surface area contributed by atoms with Crippen molar-refractivity contribution in [1.29, 1.82) is 0 Å². The molecule has 0 aliphatic heterocycles. The minimum absolute atomic E-state index is 0.0725. The summed E-state index contributed by atoms with van der Waals surface area (Å²) in [7, 11) is 0. The molecule has 0 unspecified atom stereocenters. The van der Waals surface area contributed by atoms with Gasteiger partial charge in [0.25, 0.3) is 0 Å². The number of amides is 1. The Morgan fingerprint density at radius 1 is 1.60 bits per heavy atom. The lowest BCUT2D eigenvalue weighted by Gasteiger charge is -2.14. The average Bonchev–Trinajstić information content (AvgIpc) is 1.81. The van der Waals surface area contributed by atoms with Gasteiger partial charge in [0.05, 0.1) is 6.04 Å². The minimum atomic E-state index is -0.127.